The Bertz CT molecular complexity index is 1170. The number of nitrogens with zero attached hydrogens (tertiary/aromatic N) is 2. The molecule has 0 unspecified atom stereocenters. The quantitative estimate of drug-likeness (QED) is 0.352. The summed E-state index contributed by atoms with van der Waals surface area (Å²) in [5.74, 6) is -0.570. The van der Waals surface area contributed by atoms with E-state index in [1.807, 2.05) is 30.3 Å². The number of sulfonamides is 1. The van der Waals surface area contributed by atoms with E-state index >= 15 is 0 Å². The molecule has 31 heavy (non-hydrogen) atoms. The molecule has 0 spiro atoms. The molecule has 0 saturated heterocycles. The fourth-order valence-corrected chi connectivity index (χ4v) is 4.55. The highest BCUT2D eigenvalue weighted by Gasteiger charge is 2.27. The van der Waals surface area contributed by atoms with Crippen LogP contribution in [0.4, 0.5) is 0 Å². The van der Waals surface area contributed by atoms with E-state index in [4.69, 9.17) is 11.6 Å². The highest BCUT2D eigenvalue weighted by atomic mass is 79.9. The van der Waals surface area contributed by atoms with Gasteiger partial charge in [0.05, 0.1) is 17.7 Å². The van der Waals surface area contributed by atoms with Gasteiger partial charge in [-0.1, -0.05) is 76.1 Å². The van der Waals surface area contributed by atoms with E-state index in [0.29, 0.717) is 10.6 Å². The van der Waals surface area contributed by atoms with Crippen LogP contribution in [0, 0.1) is 0 Å². The first-order valence-corrected chi connectivity index (χ1v) is 11.8. The van der Waals surface area contributed by atoms with E-state index in [2.05, 4.69) is 26.5 Å². The highest BCUT2D eigenvalue weighted by molar-refractivity contribution is 9.10. The molecule has 0 radical (unpaired) electrons. The minimum atomic E-state index is -3.96. The molecule has 0 aromatic heterocycles. The van der Waals surface area contributed by atoms with Crippen LogP contribution in [0.2, 0.25) is 5.02 Å². The van der Waals surface area contributed by atoms with Gasteiger partial charge in [0.1, 0.15) is 0 Å². The Morgan fingerprint density at radius 2 is 1.65 bits per heavy atom. The highest BCUT2D eigenvalue weighted by Crippen LogP contribution is 2.23. The van der Waals surface area contributed by atoms with Crippen molar-refractivity contribution in [2.45, 2.75) is 11.4 Å². The summed E-state index contributed by atoms with van der Waals surface area (Å²) >= 11 is 9.52. The second kappa shape index (κ2) is 10.7. The van der Waals surface area contributed by atoms with Crippen LogP contribution >= 0.6 is 27.5 Å². The van der Waals surface area contributed by atoms with Crippen LogP contribution < -0.4 is 5.43 Å². The fourth-order valence-electron chi connectivity index (χ4n) is 2.71. The topological polar surface area (TPSA) is 78.8 Å². The van der Waals surface area contributed by atoms with Crippen LogP contribution in [0.1, 0.15) is 11.1 Å². The van der Waals surface area contributed by atoms with Gasteiger partial charge in [0.15, 0.2) is 0 Å². The third-order valence-corrected chi connectivity index (χ3v) is 6.98. The molecule has 0 fully saturated rings. The molecule has 0 saturated carbocycles. The van der Waals surface area contributed by atoms with Crippen molar-refractivity contribution in [3.05, 3.63) is 99.5 Å². The van der Waals surface area contributed by atoms with Crippen LogP contribution in [0.5, 0.6) is 0 Å². The smallest absolute Gasteiger partial charge is 0.255 e. The van der Waals surface area contributed by atoms with Gasteiger partial charge >= 0.3 is 0 Å². The van der Waals surface area contributed by atoms with Crippen LogP contribution in [0.3, 0.4) is 0 Å². The zero-order chi connectivity index (χ0) is 22.3. The van der Waals surface area contributed by atoms with Crippen LogP contribution in [-0.2, 0) is 21.4 Å². The Hall–Kier alpha value is -2.52. The lowest BCUT2D eigenvalue weighted by atomic mass is 10.2. The molecule has 3 aromatic carbocycles. The Kier molecular flexibility index (Phi) is 7.97. The van der Waals surface area contributed by atoms with Crippen molar-refractivity contribution in [3.8, 4) is 0 Å². The Morgan fingerprint density at radius 1 is 1.00 bits per heavy atom. The summed E-state index contributed by atoms with van der Waals surface area (Å²) in [5, 5.41) is 4.32. The maximum Gasteiger partial charge on any atom is 0.255 e. The van der Waals surface area contributed by atoms with E-state index < -0.39 is 22.5 Å². The molecule has 9 heteroatoms. The van der Waals surface area contributed by atoms with Gasteiger partial charge < -0.3 is 0 Å². The normalized spacial score (nSPS) is 11.7. The number of hydrogen-bond acceptors (Lipinski definition) is 4. The predicted molar refractivity (Wildman–Crippen MR) is 125 cm³/mol. The van der Waals surface area contributed by atoms with Crippen LogP contribution in [0.15, 0.2) is 93.3 Å². The average molecular weight is 521 g/mol. The summed E-state index contributed by atoms with van der Waals surface area (Å²) in [6.07, 6.45) is 1.49. The molecule has 160 valence electrons. The number of benzene rings is 3. The summed E-state index contributed by atoms with van der Waals surface area (Å²) in [5.41, 5.74) is 3.77. The van der Waals surface area contributed by atoms with Gasteiger partial charge in [-0.15, -0.1) is 0 Å². The number of halogens is 2. The maximum absolute atomic E-state index is 13.2. The van der Waals surface area contributed by atoms with Crippen molar-refractivity contribution < 1.29 is 13.2 Å². The molecular weight excluding hydrogens is 502 g/mol. The first-order valence-electron chi connectivity index (χ1n) is 9.22. The number of rotatable bonds is 8. The monoisotopic (exact) mass is 519 g/mol. The molecule has 0 heterocycles. The van der Waals surface area contributed by atoms with E-state index in [1.54, 1.807) is 36.4 Å². The minimum Gasteiger partial charge on any atom is -0.272 e. The molecule has 0 bridgehead atoms. The lowest BCUT2D eigenvalue weighted by Crippen LogP contribution is -2.39. The maximum atomic E-state index is 13.2. The van der Waals surface area contributed by atoms with Crippen LogP contribution in [0.25, 0.3) is 0 Å². The number of nitrogens with one attached hydrogen (secondary N) is 1. The first-order chi connectivity index (χ1) is 14.9. The van der Waals surface area contributed by atoms with Gasteiger partial charge in [-0.2, -0.15) is 9.41 Å². The summed E-state index contributed by atoms with van der Waals surface area (Å²) in [6, 6.07) is 22.3. The molecular formula is C22H19BrClN3O3S. The molecule has 3 aromatic rings. The summed E-state index contributed by atoms with van der Waals surface area (Å²) < 4.78 is 28.3. The van der Waals surface area contributed by atoms with Crippen molar-refractivity contribution in [3.63, 3.8) is 0 Å². The number of carbonyl (C=O) groups excluding carboxylic acids is 1. The zero-order valence-corrected chi connectivity index (χ0v) is 19.4. The summed E-state index contributed by atoms with van der Waals surface area (Å²) in [6.45, 7) is -0.482. The third-order valence-electron chi connectivity index (χ3n) is 4.28. The lowest BCUT2D eigenvalue weighted by molar-refractivity contribution is -0.121. The predicted octanol–water partition coefficient (Wildman–Crippen LogP) is 4.44. The lowest BCUT2D eigenvalue weighted by Gasteiger charge is -2.22. The second-order valence-corrected chi connectivity index (χ2v) is 9.78. The Labute approximate surface area is 194 Å². The standard InChI is InChI=1S/C22H19BrClN3O3S/c23-19-10-12-20(13-11-19)31(29,30)27(15-18-8-4-5-9-21(18)24)16-22(28)26-25-14-17-6-2-1-3-7-17/h1-14H,15-16H2,(H,26,28)/b25-14+. The fraction of sp³-hybridized carbons (Fsp3) is 0.0909. The van der Waals surface area contributed by atoms with E-state index in [1.165, 1.54) is 18.3 Å². The Balaban J connectivity index is 1.81. The SMILES string of the molecule is O=C(CN(Cc1ccccc1Cl)S(=O)(=O)c1ccc(Br)cc1)N/N=C/c1ccccc1. The number of carbonyl (C=O) groups is 1. The molecule has 1 N–H and O–H groups in total. The van der Waals surface area contributed by atoms with Gasteiger partial charge in [0.2, 0.25) is 10.0 Å². The number of hydrogen-bond donors (Lipinski definition) is 1. The van der Waals surface area contributed by atoms with Gasteiger partial charge in [-0.05, 0) is 41.5 Å². The molecule has 6 nitrogen and oxygen atoms in total. The van der Waals surface area contributed by atoms with Crippen molar-refractivity contribution in [1.82, 2.24) is 9.73 Å². The molecule has 0 atom stereocenters. The molecule has 0 aliphatic heterocycles. The molecule has 0 aliphatic carbocycles. The van der Waals surface area contributed by atoms with Gasteiger partial charge in [-0.25, -0.2) is 13.8 Å². The van der Waals surface area contributed by atoms with Crippen molar-refractivity contribution in [2.24, 2.45) is 5.10 Å². The number of hydrazone groups is 1. The van der Waals surface area contributed by atoms with Crippen molar-refractivity contribution >= 4 is 49.7 Å². The third kappa shape index (κ3) is 6.48. The largest absolute Gasteiger partial charge is 0.272 e. The summed E-state index contributed by atoms with van der Waals surface area (Å²) in [4.78, 5) is 12.6. The van der Waals surface area contributed by atoms with Gasteiger partial charge in [-0.3, -0.25) is 4.79 Å². The Morgan fingerprint density at radius 3 is 2.32 bits per heavy atom. The van der Waals surface area contributed by atoms with Gasteiger partial charge in [0, 0.05) is 16.0 Å². The van der Waals surface area contributed by atoms with E-state index in [9.17, 15) is 13.2 Å². The van der Waals surface area contributed by atoms with E-state index in [-0.39, 0.29) is 11.4 Å². The van der Waals surface area contributed by atoms with Crippen molar-refractivity contribution in [2.75, 3.05) is 6.54 Å². The van der Waals surface area contributed by atoms with Crippen LogP contribution in [-0.4, -0.2) is 31.4 Å². The molecule has 1 amide bonds. The summed E-state index contributed by atoms with van der Waals surface area (Å²) in [7, 11) is -3.96. The average Bonchev–Trinajstić information content (AvgIpc) is 2.76. The zero-order valence-electron chi connectivity index (χ0n) is 16.3. The van der Waals surface area contributed by atoms with E-state index in [0.717, 1.165) is 14.3 Å². The van der Waals surface area contributed by atoms with Crippen molar-refractivity contribution in [1.29, 1.82) is 0 Å². The van der Waals surface area contributed by atoms with Gasteiger partial charge in [0.25, 0.3) is 5.91 Å². The minimum absolute atomic E-state index is 0.0616. The molecule has 3 rings (SSSR count). The first kappa shape index (κ1) is 23.1. The number of amides is 1. The molecule has 0 aliphatic rings. The second-order valence-electron chi connectivity index (χ2n) is 6.52.